The minimum absolute atomic E-state index is 0.00100. The summed E-state index contributed by atoms with van der Waals surface area (Å²) >= 11 is 5.60. The number of hydrogen-bond acceptors (Lipinski definition) is 16. The lowest BCUT2D eigenvalue weighted by Crippen LogP contribution is -2.98. The first-order valence-electron chi connectivity index (χ1n) is 38.4. The summed E-state index contributed by atoms with van der Waals surface area (Å²) in [6.45, 7) is 29.7. The first-order chi connectivity index (χ1) is 53.4. The van der Waals surface area contributed by atoms with Gasteiger partial charge in [-0.15, -0.1) is 0 Å². The van der Waals surface area contributed by atoms with Gasteiger partial charge in [0.1, 0.15) is 22.6 Å². The third kappa shape index (κ3) is 24.5. The topological polar surface area (TPSA) is 266 Å². The van der Waals surface area contributed by atoms with Gasteiger partial charge in [-0.05, 0) is 298 Å². The van der Waals surface area contributed by atoms with Crippen LogP contribution in [0.4, 0.5) is 30.7 Å². The number of aromatic carboxylic acids is 1. The van der Waals surface area contributed by atoms with E-state index in [-0.39, 0.29) is 68.3 Å². The van der Waals surface area contributed by atoms with Crippen molar-refractivity contribution in [3.8, 4) is 16.4 Å². The average Bonchev–Trinajstić information content (AvgIpc) is 1.41. The minimum Gasteiger partial charge on any atom is -0.748 e. The van der Waals surface area contributed by atoms with Crippen molar-refractivity contribution < 1.29 is 112 Å². The number of carboxylic acid groups (broad SMARTS) is 1. The van der Waals surface area contributed by atoms with E-state index in [0.717, 1.165) is 51.6 Å². The number of fused-ring (bicyclic) bond motifs is 3. The number of hydrogen-bond donors (Lipinski definition) is 2. The molecule has 13 rings (SSSR count). The number of ether oxygens (including phenoxy) is 5. The van der Waals surface area contributed by atoms with Crippen molar-refractivity contribution in [1.29, 1.82) is 0 Å². The van der Waals surface area contributed by atoms with Gasteiger partial charge >= 0.3 is 36.0 Å². The van der Waals surface area contributed by atoms with Crippen molar-refractivity contribution in [2.75, 3.05) is 18.8 Å². The molecule has 7 aromatic rings. The molecule has 630 valence electrons. The molecule has 0 spiro atoms. The number of benzene rings is 6. The van der Waals surface area contributed by atoms with Crippen LogP contribution in [0.2, 0.25) is 0 Å². The molecular weight excluding hydrogens is 1880 g/mol. The number of carbonyl (C=O) groups excluding carboxylic acids is 6. The second-order valence-corrected chi connectivity index (χ2v) is 40.0. The second kappa shape index (κ2) is 39.3. The molecule has 5 saturated carbocycles. The van der Waals surface area contributed by atoms with Gasteiger partial charge in [-0.3, -0.25) is 19.2 Å². The number of halogens is 10. The Morgan fingerprint density at radius 1 is 0.661 bits per heavy atom. The van der Waals surface area contributed by atoms with E-state index >= 15 is 0 Å². The van der Waals surface area contributed by atoms with Crippen molar-refractivity contribution in [2.45, 2.75) is 222 Å². The SMILES string of the molecule is CCC(C)(C)C(=O)OC(C)(C)C1C[NH2+]C1.CCC(C)(C)C(=O)OC1(C)CCCC1.CCC(C)(C)C(=O)OC12CC3CC(C1)CC(C(=O)OC(CS(=O)(=O)[O-])C(F)(F)F)(C3)C2.CCC(C)c1cccc(O)c1.O=C(Oc1c(F)c(F)c(C(=O)[O-])c(F)c1F)c1cc(I)cc(I)c1I.c1ccc(-[s+]2c3ccccc3c3ccccc32)cc1. The molecule has 4 unspecified atom stereocenters. The molecule has 0 radical (unpaired) electrons. The number of phenols is 1. The molecule has 6 aromatic carbocycles. The van der Waals surface area contributed by atoms with Gasteiger partial charge in [-0.25, -0.2) is 22.0 Å². The van der Waals surface area contributed by atoms with Crippen LogP contribution in [0.3, 0.4) is 0 Å². The van der Waals surface area contributed by atoms with Gasteiger partial charge in [0.2, 0.25) is 23.5 Å². The molecule has 17 nitrogen and oxygen atoms in total. The Labute approximate surface area is 712 Å². The van der Waals surface area contributed by atoms with E-state index < -0.39 is 103 Å². The summed E-state index contributed by atoms with van der Waals surface area (Å²) in [5.74, 6) is -16.3. The number of nitrogens with two attached hydrogens (primary N) is 1. The largest absolute Gasteiger partial charge is 0.748 e. The molecule has 4 bridgehead atoms. The number of carbonyl (C=O) groups is 6. The summed E-state index contributed by atoms with van der Waals surface area (Å²) in [7, 11) is -5.21. The van der Waals surface area contributed by atoms with Crippen LogP contribution in [0.25, 0.3) is 25.1 Å². The lowest BCUT2D eigenvalue weighted by Gasteiger charge is -2.60. The maximum absolute atomic E-state index is 13.8. The van der Waals surface area contributed by atoms with Gasteiger partial charge < -0.3 is 48.6 Å². The molecule has 1 saturated heterocycles. The number of phenolic OH excluding ortho intramolecular Hbond substituents is 1. The zero-order valence-electron chi connectivity index (χ0n) is 67.1. The van der Waals surface area contributed by atoms with Crippen LogP contribution in [0.1, 0.15) is 219 Å². The quantitative estimate of drug-likeness (QED) is 0.0105. The minimum atomic E-state index is -5.27. The third-order valence-electron chi connectivity index (χ3n) is 22.6. The Kier molecular flexibility index (Phi) is 32.8. The van der Waals surface area contributed by atoms with E-state index in [9.17, 15) is 77.6 Å². The van der Waals surface area contributed by atoms with Crippen LogP contribution in [0.5, 0.6) is 11.5 Å². The number of esters is 5. The van der Waals surface area contributed by atoms with E-state index in [0.29, 0.717) is 60.4 Å². The van der Waals surface area contributed by atoms with Crippen molar-refractivity contribution >= 4 is 144 Å². The van der Waals surface area contributed by atoms with Gasteiger partial charge in [0.05, 0.1) is 73.6 Å². The van der Waals surface area contributed by atoms with Crippen LogP contribution < -0.4 is 15.2 Å². The molecule has 5 aliphatic carbocycles. The van der Waals surface area contributed by atoms with Gasteiger partial charge in [-0.1, -0.05) is 89.2 Å². The van der Waals surface area contributed by atoms with Gasteiger partial charge in [0.15, 0.2) is 25.9 Å². The van der Waals surface area contributed by atoms with Crippen LogP contribution in [0.15, 0.2) is 115 Å². The zero-order chi connectivity index (χ0) is 85.9. The van der Waals surface area contributed by atoms with Crippen LogP contribution in [0, 0.1) is 73.4 Å². The number of aromatic hydroxyl groups is 1. The van der Waals surface area contributed by atoms with Crippen molar-refractivity contribution in [1.82, 2.24) is 0 Å². The Bertz CT molecular complexity index is 4660. The van der Waals surface area contributed by atoms with E-state index in [1.807, 2.05) is 126 Å². The van der Waals surface area contributed by atoms with E-state index in [1.54, 1.807) is 48.6 Å². The summed E-state index contributed by atoms with van der Waals surface area (Å²) < 4.78 is 158. The van der Waals surface area contributed by atoms with Crippen molar-refractivity contribution in [3.63, 3.8) is 0 Å². The summed E-state index contributed by atoms with van der Waals surface area (Å²) in [5, 5.41) is 24.8. The monoisotopic (exact) mass is 1980 g/mol. The molecular formula is C86H103F7I3NO16S2. The van der Waals surface area contributed by atoms with Gasteiger partial charge in [0, 0.05) is 38.4 Å². The molecule has 3 N–H and O–H groups in total. The third-order valence-corrected chi connectivity index (χ3v) is 29.4. The highest BCUT2D eigenvalue weighted by Gasteiger charge is 2.64. The van der Waals surface area contributed by atoms with E-state index in [4.69, 9.17) is 19.3 Å². The first kappa shape index (κ1) is 95.9. The van der Waals surface area contributed by atoms with Crippen molar-refractivity contribution in [2.24, 2.45) is 39.4 Å². The molecule has 0 amide bonds. The molecule has 1 aromatic heterocycles. The van der Waals surface area contributed by atoms with Crippen LogP contribution in [-0.4, -0.2) is 102 Å². The predicted octanol–water partition coefficient (Wildman–Crippen LogP) is 19.8. The smallest absolute Gasteiger partial charge is 0.426 e. The predicted molar refractivity (Wildman–Crippen MR) is 449 cm³/mol. The van der Waals surface area contributed by atoms with E-state index in [2.05, 4.69) is 114 Å². The Balaban J connectivity index is 0.000000197. The van der Waals surface area contributed by atoms with Gasteiger partial charge in [-0.2, -0.15) is 22.0 Å². The molecule has 6 aliphatic rings. The fraction of sp³-hybridized carbons (Fsp3) is 0.512. The maximum Gasteiger partial charge on any atom is 0.426 e. The number of alkyl halides is 3. The summed E-state index contributed by atoms with van der Waals surface area (Å²) in [6, 6.07) is 38.9. The normalized spacial score (nSPS) is 19.5. The van der Waals surface area contributed by atoms with Crippen LogP contribution in [-0.2, 0) is 48.2 Å². The van der Waals surface area contributed by atoms with Crippen LogP contribution >= 0.6 is 78.2 Å². The maximum atomic E-state index is 13.8. The highest BCUT2D eigenvalue weighted by molar-refractivity contribution is 14.1. The number of quaternary nitrogens is 1. The molecule has 6 fully saturated rings. The fourth-order valence-electron chi connectivity index (χ4n) is 14.4. The standard InChI is InChI=1S/C20H29F3O7S.C18H13S.C14H3F4I3O4.C12H23NO2.C12H22O2.C10H14O/c1-4-17(2,3)15(24)30-19-8-12-5-13(9-19)7-18(6-12,11-19)16(25)29-14(20(21,22)23)10-31(26,27)28;1-2-8-14(9-3-1)19-17-12-6-4-10-15(17)16-11-5-7-13-18(16)19;15-7-6(13(22)23)8(16)10(18)12(9(7)17)25-14(24)4-1-3(19)2-5(20)11(4)21;1-6-11(2,3)10(14)15-12(4,5)9-7-13-8-9;1-5-11(2,3)10(13)14-12(4)8-6-7-9-12;1-3-8(2)9-5-4-6-10(11)7-9/h12-14H,4-11H2,1-3H3,(H,26,27,28);1-13H;1-2H,(H,22,23);9,13H,6-8H2,1-5H3;5-9H2,1-4H3;4-8,11H,3H2,1-2H3/q;+1;;;;/p-1. The summed E-state index contributed by atoms with van der Waals surface area (Å²) in [4.78, 5) is 73.6. The summed E-state index contributed by atoms with van der Waals surface area (Å²) in [6.07, 6.45) is 2.06. The highest BCUT2D eigenvalue weighted by Crippen LogP contribution is 2.64. The Morgan fingerprint density at radius 2 is 1.16 bits per heavy atom. The molecule has 1 aliphatic heterocycles. The Morgan fingerprint density at radius 3 is 1.62 bits per heavy atom. The number of carboxylic acids is 1. The lowest BCUT2D eigenvalue weighted by atomic mass is 9.48. The lowest BCUT2D eigenvalue weighted by molar-refractivity contribution is -0.728. The van der Waals surface area contributed by atoms with Crippen molar-refractivity contribution in [3.05, 3.63) is 166 Å². The zero-order valence-corrected chi connectivity index (χ0v) is 75.2. The molecule has 4 atom stereocenters. The fourth-order valence-corrected chi connectivity index (χ4v) is 19.8. The number of thiophene rings is 1. The number of rotatable bonds is 20. The average molecular weight is 1980 g/mol. The molecule has 2 heterocycles. The summed E-state index contributed by atoms with van der Waals surface area (Å²) in [5.41, 5.74) is -4.91. The molecule has 29 heteroatoms. The molecule has 115 heavy (non-hydrogen) atoms. The first-order valence-corrected chi connectivity index (χ1v) is 44.4. The van der Waals surface area contributed by atoms with E-state index in [1.165, 1.54) is 49.5 Å². The van der Waals surface area contributed by atoms with Gasteiger partial charge in [0.25, 0.3) is 0 Å². The Hall–Kier alpha value is -6.27. The highest BCUT2D eigenvalue weighted by atomic mass is 127. The second-order valence-electron chi connectivity index (χ2n) is 33.1.